The number of carboxylic acid groups (broad SMARTS) is 1. The molecule has 1 atom stereocenters. The highest BCUT2D eigenvalue weighted by Crippen LogP contribution is 2.32. The van der Waals surface area contributed by atoms with Crippen molar-refractivity contribution >= 4 is 28.9 Å². The molecule has 2 fully saturated rings. The van der Waals surface area contributed by atoms with Crippen molar-refractivity contribution < 1.29 is 19.5 Å². The van der Waals surface area contributed by atoms with Crippen LogP contribution in [0.5, 0.6) is 0 Å². The lowest BCUT2D eigenvalue weighted by Crippen LogP contribution is -2.62. The van der Waals surface area contributed by atoms with E-state index in [2.05, 4.69) is 10.6 Å². The second kappa shape index (κ2) is 3.97. The summed E-state index contributed by atoms with van der Waals surface area (Å²) < 4.78 is 0. The SMILES string of the molecule is O=C1NC(C(=O)NC2(C(=O)O)CCC2)CS1. The maximum absolute atomic E-state index is 11.7. The van der Waals surface area contributed by atoms with Crippen LogP contribution in [0.15, 0.2) is 0 Å². The third-order valence-electron chi connectivity index (χ3n) is 2.97. The highest BCUT2D eigenvalue weighted by atomic mass is 32.2. The molecule has 88 valence electrons. The fourth-order valence-electron chi connectivity index (χ4n) is 1.77. The second-order valence-corrected chi connectivity index (χ2v) is 5.02. The van der Waals surface area contributed by atoms with Crippen LogP contribution in [0.4, 0.5) is 4.79 Å². The zero-order valence-corrected chi connectivity index (χ0v) is 9.30. The first kappa shape index (κ1) is 11.3. The van der Waals surface area contributed by atoms with Crippen LogP contribution in [-0.4, -0.2) is 39.6 Å². The van der Waals surface area contributed by atoms with Gasteiger partial charge in [0.2, 0.25) is 5.91 Å². The molecule has 0 aromatic heterocycles. The van der Waals surface area contributed by atoms with Gasteiger partial charge in [-0.15, -0.1) is 0 Å². The smallest absolute Gasteiger partial charge is 0.329 e. The summed E-state index contributed by atoms with van der Waals surface area (Å²) in [6.45, 7) is 0. The van der Waals surface area contributed by atoms with E-state index in [0.717, 1.165) is 18.2 Å². The number of amides is 2. The first-order valence-corrected chi connectivity index (χ1v) is 6.01. The molecule has 2 rings (SSSR count). The van der Waals surface area contributed by atoms with Gasteiger partial charge >= 0.3 is 5.97 Å². The van der Waals surface area contributed by atoms with E-state index < -0.39 is 23.5 Å². The Kier molecular flexibility index (Phi) is 2.79. The van der Waals surface area contributed by atoms with E-state index in [0.29, 0.717) is 18.6 Å². The summed E-state index contributed by atoms with van der Waals surface area (Å²) in [7, 11) is 0. The summed E-state index contributed by atoms with van der Waals surface area (Å²) in [6, 6.07) is -0.602. The number of thioether (sulfide) groups is 1. The maximum atomic E-state index is 11.7. The monoisotopic (exact) mass is 244 g/mol. The number of hydrogen-bond acceptors (Lipinski definition) is 4. The van der Waals surface area contributed by atoms with Gasteiger partial charge in [-0.05, 0) is 19.3 Å². The summed E-state index contributed by atoms with van der Waals surface area (Å²) in [5.74, 6) is -1.04. The van der Waals surface area contributed by atoms with Gasteiger partial charge in [0.1, 0.15) is 11.6 Å². The third-order valence-corrected chi connectivity index (χ3v) is 3.85. The van der Waals surface area contributed by atoms with Crippen molar-refractivity contribution in [3.05, 3.63) is 0 Å². The summed E-state index contributed by atoms with van der Waals surface area (Å²) in [5, 5.41) is 13.8. The van der Waals surface area contributed by atoms with Crippen LogP contribution in [-0.2, 0) is 9.59 Å². The first-order chi connectivity index (χ1) is 7.53. The molecule has 3 N–H and O–H groups in total. The van der Waals surface area contributed by atoms with Crippen LogP contribution in [0, 0.1) is 0 Å². The van der Waals surface area contributed by atoms with Crippen molar-refractivity contribution in [2.24, 2.45) is 0 Å². The molecule has 1 heterocycles. The Bertz CT molecular complexity index is 353. The molecule has 0 aromatic rings. The predicted molar refractivity (Wildman–Crippen MR) is 57.1 cm³/mol. The molecular formula is C9H12N2O4S. The zero-order valence-electron chi connectivity index (χ0n) is 8.49. The standard InChI is InChI=1S/C9H12N2O4S/c12-6(5-4-16-8(15)10-5)11-9(7(13)14)2-1-3-9/h5H,1-4H2,(H,10,15)(H,11,12)(H,13,14). The van der Waals surface area contributed by atoms with E-state index in [1.54, 1.807) is 0 Å². The van der Waals surface area contributed by atoms with E-state index in [-0.39, 0.29) is 5.24 Å². The number of rotatable bonds is 3. The molecular weight excluding hydrogens is 232 g/mol. The molecule has 1 aliphatic heterocycles. The molecule has 1 unspecified atom stereocenters. The molecule has 0 aromatic carbocycles. The molecule has 0 bridgehead atoms. The number of carboxylic acids is 1. The Hall–Kier alpha value is -1.24. The largest absolute Gasteiger partial charge is 0.480 e. The summed E-state index contributed by atoms with van der Waals surface area (Å²) >= 11 is 1.04. The zero-order chi connectivity index (χ0) is 11.8. The van der Waals surface area contributed by atoms with Crippen LogP contribution in [0.2, 0.25) is 0 Å². The number of hydrogen-bond donors (Lipinski definition) is 3. The van der Waals surface area contributed by atoms with Crippen molar-refractivity contribution in [3.8, 4) is 0 Å². The Morgan fingerprint density at radius 2 is 2.19 bits per heavy atom. The van der Waals surface area contributed by atoms with Crippen LogP contribution >= 0.6 is 11.8 Å². The molecule has 0 spiro atoms. The van der Waals surface area contributed by atoms with Gasteiger partial charge in [-0.1, -0.05) is 11.8 Å². The van der Waals surface area contributed by atoms with E-state index >= 15 is 0 Å². The van der Waals surface area contributed by atoms with Crippen molar-refractivity contribution in [3.63, 3.8) is 0 Å². The van der Waals surface area contributed by atoms with Crippen molar-refractivity contribution in [2.75, 3.05) is 5.75 Å². The third kappa shape index (κ3) is 1.87. The number of carbonyl (C=O) groups excluding carboxylic acids is 2. The van der Waals surface area contributed by atoms with Gasteiger partial charge in [0.25, 0.3) is 5.24 Å². The quantitative estimate of drug-likeness (QED) is 0.646. The topological polar surface area (TPSA) is 95.5 Å². The van der Waals surface area contributed by atoms with E-state index in [1.165, 1.54) is 0 Å². The second-order valence-electron chi connectivity index (χ2n) is 4.03. The van der Waals surface area contributed by atoms with Gasteiger partial charge in [-0.3, -0.25) is 9.59 Å². The fraction of sp³-hybridized carbons (Fsp3) is 0.667. The van der Waals surface area contributed by atoms with Gasteiger partial charge in [-0.25, -0.2) is 4.79 Å². The maximum Gasteiger partial charge on any atom is 0.329 e. The van der Waals surface area contributed by atoms with Crippen molar-refractivity contribution in [1.82, 2.24) is 10.6 Å². The van der Waals surface area contributed by atoms with Crippen LogP contribution < -0.4 is 10.6 Å². The van der Waals surface area contributed by atoms with Crippen LogP contribution in [0.3, 0.4) is 0 Å². The molecule has 1 saturated heterocycles. The Balaban J connectivity index is 1.96. The van der Waals surface area contributed by atoms with Crippen molar-refractivity contribution in [2.45, 2.75) is 30.8 Å². The predicted octanol–water partition coefficient (Wildman–Crippen LogP) is -0.0651. The highest BCUT2D eigenvalue weighted by Gasteiger charge is 2.47. The fourth-order valence-corrected chi connectivity index (χ4v) is 2.55. The lowest BCUT2D eigenvalue weighted by Gasteiger charge is -2.38. The molecule has 6 nitrogen and oxygen atoms in total. The molecule has 2 aliphatic rings. The number of nitrogens with one attached hydrogen (secondary N) is 2. The minimum absolute atomic E-state index is 0.238. The summed E-state index contributed by atoms with van der Waals surface area (Å²) in [4.78, 5) is 33.6. The van der Waals surface area contributed by atoms with Gasteiger partial charge in [-0.2, -0.15) is 0 Å². The van der Waals surface area contributed by atoms with Crippen molar-refractivity contribution in [1.29, 1.82) is 0 Å². The summed E-state index contributed by atoms with van der Waals surface area (Å²) in [5.41, 5.74) is -1.10. The average Bonchev–Trinajstić information content (AvgIpc) is 2.57. The van der Waals surface area contributed by atoms with Crippen LogP contribution in [0.25, 0.3) is 0 Å². The molecule has 0 radical (unpaired) electrons. The first-order valence-electron chi connectivity index (χ1n) is 5.02. The average molecular weight is 244 g/mol. The van der Waals surface area contributed by atoms with E-state index in [9.17, 15) is 14.4 Å². The Morgan fingerprint density at radius 3 is 2.56 bits per heavy atom. The van der Waals surface area contributed by atoms with Gasteiger partial charge < -0.3 is 15.7 Å². The highest BCUT2D eigenvalue weighted by molar-refractivity contribution is 8.14. The minimum Gasteiger partial charge on any atom is -0.480 e. The molecule has 1 aliphatic carbocycles. The lowest BCUT2D eigenvalue weighted by atomic mass is 9.76. The van der Waals surface area contributed by atoms with Gasteiger partial charge in [0.15, 0.2) is 0 Å². The lowest BCUT2D eigenvalue weighted by molar-refractivity contribution is -0.152. The summed E-state index contributed by atoms with van der Waals surface area (Å²) in [6.07, 6.45) is 1.72. The van der Waals surface area contributed by atoms with E-state index in [4.69, 9.17) is 5.11 Å². The molecule has 7 heteroatoms. The Labute approximate surface area is 96.1 Å². The van der Waals surface area contributed by atoms with Gasteiger partial charge in [0, 0.05) is 5.75 Å². The molecule has 2 amide bonds. The number of aliphatic carboxylic acids is 1. The number of carbonyl (C=O) groups is 3. The van der Waals surface area contributed by atoms with E-state index in [1.807, 2.05) is 0 Å². The van der Waals surface area contributed by atoms with Crippen LogP contribution in [0.1, 0.15) is 19.3 Å². The Morgan fingerprint density at radius 1 is 1.50 bits per heavy atom. The molecule has 1 saturated carbocycles. The normalized spacial score (nSPS) is 26.8. The molecule has 16 heavy (non-hydrogen) atoms. The van der Waals surface area contributed by atoms with Gasteiger partial charge in [0.05, 0.1) is 0 Å². The minimum atomic E-state index is -1.10.